The first-order valence-corrected chi connectivity index (χ1v) is 9.99. The number of anilines is 3. The Bertz CT molecular complexity index is 833. The zero-order chi connectivity index (χ0) is 20.8. The van der Waals surface area contributed by atoms with Crippen LogP contribution in [0.15, 0.2) is 72.8 Å². The molecule has 0 amide bonds. The van der Waals surface area contributed by atoms with Gasteiger partial charge < -0.3 is 20.2 Å². The Balaban J connectivity index is 1.98. The minimum Gasteiger partial charge on any atom is -0.395 e. The summed E-state index contributed by atoms with van der Waals surface area (Å²) in [6, 6.07) is 26.1. The van der Waals surface area contributed by atoms with Gasteiger partial charge in [0, 0.05) is 57.7 Å². The number of rotatable bonds is 8. The van der Waals surface area contributed by atoms with Gasteiger partial charge in [-0.05, 0) is 53.1 Å². The SMILES string of the molecule is CN(C)c1ccc(C(c2ccc(NCCO)cc2)c2ccc(N(C)C)cc2)cc1. The van der Waals surface area contributed by atoms with Crippen molar-refractivity contribution in [1.29, 1.82) is 0 Å². The highest BCUT2D eigenvalue weighted by Gasteiger charge is 2.17. The molecule has 0 spiro atoms. The van der Waals surface area contributed by atoms with E-state index in [0.29, 0.717) is 6.54 Å². The van der Waals surface area contributed by atoms with E-state index in [4.69, 9.17) is 5.11 Å². The van der Waals surface area contributed by atoms with Crippen molar-refractivity contribution in [1.82, 2.24) is 0 Å². The monoisotopic (exact) mass is 389 g/mol. The van der Waals surface area contributed by atoms with Gasteiger partial charge in [-0.2, -0.15) is 0 Å². The van der Waals surface area contributed by atoms with Crippen LogP contribution in [0.1, 0.15) is 22.6 Å². The molecule has 29 heavy (non-hydrogen) atoms. The van der Waals surface area contributed by atoms with Crippen molar-refractivity contribution in [2.75, 3.05) is 56.5 Å². The number of aliphatic hydroxyl groups is 1. The van der Waals surface area contributed by atoms with Gasteiger partial charge in [-0.15, -0.1) is 0 Å². The molecule has 0 aliphatic carbocycles. The first kappa shape index (κ1) is 20.7. The Labute approximate surface area is 174 Å². The average Bonchev–Trinajstić information content (AvgIpc) is 2.74. The van der Waals surface area contributed by atoms with Gasteiger partial charge in [0.1, 0.15) is 0 Å². The maximum Gasteiger partial charge on any atom is 0.0604 e. The summed E-state index contributed by atoms with van der Waals surface area (Å²) in [5.74, 6) is 0.161. The smallest absolute Gasteiger partial charge is 0.0604 e. The molecule has 0 aromatic heterocycles. The van der Waals surface area contributed by atoms with Gasteiger partial charge in [-0.1, -0.05) is 36.4 Å². The fraction of sp³-hybridized carbons (Fsp3) is 0.280. The van der Waals surface area contributed by atoms with E-state index in [2.05, 4.69) is 116 Å². The van der Waals surface area contributed by atoms with E-state index in [1.807, 2.05) is 0 Å². The Morgan fingerprint density at radius 3 is 1.38 bits per heavy atom. The van der Waals surface area contributed by atoms with Gasteiger partial charge in [0.05, 0.1) is 6.61 Å². The highest BCUT2D eigenvalue weighted by molar-refractivity contribution is 5.55. The van der Waals surface area contributed by atoms with Crippen LogP contribution in [0.4, 0.5) is 17.1 Å². The summed E-state index contributed by atoms with van der Waals surface area (Å²) >= 11 is 0. The zero-order valence-electron chi connectivity index (χ0n) is 17.8. The van der Waals surface area contributed by atoms with Crippen molar-refractivity contribution in [3.8, 4) is 0 Å². The van der Waals surface area contributed by atoms with Crippen LogP contribution in [0.3, 0.4) is 0 Å². The summed E-state index contributed by atoms with van der Waals surface area (Å²) < 4.78 is 0. The fourth-order valence-corrected chi connectivity index (χ4v) is 3.50. The van der Waals surface area contributed by atoms with E-state index in [1.54, 1.807) is 0 Å². The van der Waals surface area contributed by atoms with Crippen molar-refractivity contribution in [3.63, 3.8) is 0 Å². The van der Waals surface area contributed by atoms with Gasteiger partial charge in [0.15, 0.2) is 0 Å². The van der Waals surface area contributed by atoms with E-state index >= 15 is 0 Å². The molecule has 0 unspecified atom stereocenters. The standard InChI is InChI=1S/C25H31N3O/c1-27(2)23-13-7-20(8-14-23)25(21-9-15-24(16-10-21)28(3)4)19-5-11-22(12-6-19)26-17-18-29/h5-16,25-26,29H,17-18H2,1-4H3. The lowest BCUT2D eigenvalue weighted by Gasteiger charge is -2.22. The third-order valence-electron chi connectivity index (χ3n) is 5.17. The fourth-order valence-electron chi connectivity index (χ4n) is 3.50. The lowest BCUT2D eigenvalue weighted by atomic mass is 9.85. The molecule has 0 heterocycles. The number of benzene rings is 3. The molecule has 0 aliphatic rings. The molecule has 0 saturated carbocycles. The van der Waals surface area contributed by atoms with Gasteiger partial charge >= 0.3 is 0 Å². The molecule has 0 aliphatic heterocycles. The predicted molar refractivity (Wildman–Crippen MR) is 125 cm³/mol. The number of hydrogen-bond donors (Lipinski definition) is 2. The Morgan fingerprint density at radius 2 is 1.03 bits per heavy atom. The average molecular weight is 390 g/mol. The van der Waals surface area contributed by atoms with Crippen molar-refractivity contribution in [2.24, 2.45) is 0 Å². The molecule has 0 bridgehead atoms. The zero-order valence-corrected chi connectivity index (χ0v) is 17.8. The van der Waals surface area contributed by atoms with E-state index in [1.165, 1.54) is 28.1 Å². The molecular formula is C25H31N3O. The second kappa shape index (κ2) is 9.48. The van der Waals surface area contributed by atoms with Crippen LogP contribution in [0.5, 0.6) is 0 Å². The Morgan fingerprint density at radius 1 is 0.655 bits per heavy atom. The van der Waals surface area contributed by atoms with E-state index < -0.39 is 0 Å². The molecule has 4 nitrogen and oxygen atoms in total. The molecule has 3 aromatic carbocycles. The lowest BCUT2D eigenvalue weighted by Crippen LogP contribution is -2.10. The third-order valence-corrected chi connectivity index (χ3v) is 5.17. The minimum absolute atomic E-state index is 0.126. The molecule has 152 valence electrons. The van der Waals surface area contributed by atoms with Crippen LogP contribution in [0.25, 0.3) is 0 Å². The Kier molecular flexibility index (Phi) is 6.78. The molecule has 2 N–H and O–H groups in total. The van der Waals surface area contributed by atoms with Crippen molar-refractivity contribution < 1.29 is 5.11 Å². The topological polar surface area (TPSA) is 38.7 Å². The van der Waals surface area contributed by atoms with Crippen molar-refractivity contribution in [3.05, 3.63) is 89.5 Å². The summed E-state index contributed by atoms with van der Waals surface area (Å²) in [7, 11) is 8.24. The van der Waals surface area contributed by atoms with E-state index in [0.717, 1.165) is 5.69 Å². The lowest BCUT2D eigenvalue weighted by molar-refractivity contribution is 0.311. The Hall–Kier alpha value is -2.98. The minimum atomic E-state index is 0.126. The number of nitrogens with zero attached hydrogens (tertiary/aromatic N) is 2. The van der Waals surface area contributed by atoms with Crippen LogP contribution < -0.4 is 15.1 Å². The molecule has 0 fully saturated rings. The largest absolute Gasteiger partial charge is 0.395 e. The number of nitrogens with one attached hydrogen (secondary N) is 1. The van der Waals surface area contributed by atoms with Gasteiger partial charge in [-0.3, -0.25) is 0 Å². The van der Waals surface area contributed by atoms with Crippen molar-refractivity contribution in [2.45, 2.75) is 5.92 Å². The molecule has 0 saturated heterocycles. The molecule has 0 radical (unpaired) electrons. The normalized spacial score (nSPS) is 10.8. The number of hydrogen-bond acceptors (Lipinski definition) is 4. The first-order chi connectivity index (χ1) is 14.0. The van der Waals surface area contributed by atoms with Crippen LogP contribution >= 0.6 is 0 Å². The number of aliphatic hydroxyl groups excluding tert-OH is 1. The van der Waals surface area contributed by atoms with Crippen LogP contribution in [-0.4, -0.2) is 46.4 Å². The third kappa shape index (κ3) is 5.09. The summed E-state index contributed by atoms with van der Waals surface area (Å²) in [4.78, 5) is 4.23. The maximum absolute atomic E-state index is 9.02. The van der Waals surface area contributed by atoms with Gasteiger partial charge in [0.25, 0.3) is 0 Å². The second-order valence-electron chi connectivity index (χ2n) is 7.68. The van der Waals surface area contributed by atoms with Gasteiger partial charge in [-0.25, -0.2) is 0 Å². The molecule has 3 aromatic rings. The molecule has 0 atom stereocenters. The summed E-state index contributed by atoms with van der Waals surface area (Å²) in [6.07, 6.45) is 0. The summed E-state index contributed by atoms with van der Waals surface area (Å²) in [5, 5.41) is 12.2. The highest BCUT2D eigenvalue weighted by Crippen LogP contribution is 2.34. The highest BCUT2D eigenvalue weighted by atomic mass is 16.3. The summed E-state index contributed by atoms with van der Waals surface area (Å²) in [5.41, 5.74) is 7.19. The van der Waals surface area contributed by atoms with E-state index in [9.17, 15) is 0 Å². The second-order valence-corrected chi connectivity index (χ2v) is 7.68. The van der Waals surface area contributed by atoms with Crippen LogP contribution in [0, 0.1) is 0 Å². The van der Waals surface area contributed by atoms with Crippen molar-refractivity contribution >= 4 is 17.1 Å². The molecule has 4 heteroatoms. The first-order valence-electron chi connectivity index (χ1n) is 9.99. The quantitative estimate of drug-likeness (QED) is 0.560. The predicted octanol–water partition coefficient (Wildman–Crippen LogP) is 4.40. The van der Waals surface area contributed by atoms with Crippen LogP contribution in [0.2, 0.25) is 0 Å². The molecule has 3 rings (SSSR count). The van der Waals surface area contributed by atoms with Gasteiger partial charge in [0.2, 0.25) is 0 Å². The summed E-state index contributed by atoms with van der Waals surface area (Å²) in [6.45, 7) is 0.682. The van der Waals surface area contributed by atoms with Crippen LogP contribution in [-0.2, 0) is 0 Å². The van der Waals surface area contributed by atoms with E-state index in [-0.39, 0.29) is 12.5 Å². The molecular weight excluding hydrogens is 358 g/mol. The maximum atomic E-state index is 9.02.